The van der Waals surface area contributed by atoms with Crippen LogP contribution >= 0.6 is 7.82 Å². The summed E-state index contributed by atoms with van der Waals surface area (Å²) in [4.78, 5) is 37.5. The number of unbranched alkanes of at least 4 members (excludes halogenated alkanes) is 6. The van der Waals surface area contributed by atoms with Crippen LogP contribution < -0.4 is 4.89 Å². The van der Waals surface area contributed by atoms with Crippen molar-refractivity contribution in [2.45, 2.75) is 148 Å². The Kier molecular flexibility index (Phi) is 35.6. The minimum Gasteiger partial charge on any atom is -0.756 e. The fourth-order valence-corrected chi connectivity index (χ4v) is 5.78. The number of quaternary nitrogens is 1. The number of hydrogen-bond donors (Lipinski definition) is 1. The van der Waals surface area contributed by atoms with Gasteiger partial charge in [-0.3, -0.25) is 14.2 Å². The van der Waals surface area contributed by atoms with E-state index in [0.29, 0.717) is 30.3 Å². The summed E-state index contributed by atoms with van der Waals surface area (Å²) in [5.41, 5.74) is 0. The van der Waals surface area contributed by atoms with Crippen molar-refractivity contribution in [2.75, 3.05) is 47.5 Å². The molecule has 0 aliphatic carbocycles. The van der Waals surface area contributed by atoms with Gasteiger partial charge >= 0.3 is 11.9 Å². The van der Waals surface area contributed by atoms with Gasteiger partial charge in [0.05, 0.1) is 33.9 Å². The van der Waals surface area contributed by atoms with Crippen molar-refractivity contribution < 1.29 is 47.2 Å². The average Bonchev–Trinajstić information content (AvgIpc) is 3.16. The summed E-state index contributed by atoms with van der Waals surface area (Å²) in [5.74, 6) is -0.949. The second-order valence-corrected chi connectivity index (χ2v) is 16.5. The van der Waals surface area contributed by atoms with Gasteiger partial charge in [-0.05, 0) is 89.9 Å². The van der Waals surface area contributed by atoms with E-state index in [0.717, 1.165) is 89.9 Å². The van der Waals surface area contributed by atoms with Crippen molar-refractivity contribution in [2.24, 2.45) is 0 Å². The van der Waals surface area contributed by atoms with Crippen molar-refractivity contribution in [3.05, 3.63) is 85.1 Å². The first kappa shape index (κ1) is 54.2. The highest BCUT2D eigenvalue weighted by Crippen LogP contribution is 2.38. The zero-order valence-corrected chi connectivity index (χ0v) is 37.0. The highest BCUT2D eigenvalue weighted by atomic mass is 31.2. The molecular weight excluding hydrogens is 741 g/mol. The predicted molar refractivity (Wildman–Crippen MR) is 232 cm³/mol. The number of aliphatic hydroxyl groups excluding tert-OH is 1. The molecule has 10 nitrogen and oxygen atoms in total. The Hall–Kier alpha value is -2.85. The molecule has 0 saturated carbocycles. The summed E-state index contributed by atoms with van der Waals surface area (Å²) >= 11 is 0. The third-order valence-electron chi connectivity index (χ3n) is 8.56. The molecule has 0 aromatic carbocycles. The lowest BCUT2D eigenvalue weighted by Gasteiger charge is -2.28. The van der Waals surface area contributed by atoms with Gasteiger partial charge in [0.1, 0.15) is 19.8 Å². The Bertz CT molecular complexity index is 1260. The summed E-state index contributed by atoms with van der Waals surface area (Å²) < 4.78 is 33.8. The van der Waals surface area contributed by atoms with Crippen LogP contribution in [0.2, 0.25) is 0 Å². The Morgan fingerprint density at radius 1 is 0.632 bits per heavy atom. The van der Waals surface area contributed by atoms with Crippen molar-refractivity contribution in [1.82, 2.24) is 0 Å². The van der Waals surface area contributed by atoms with Gasteiger partial charge in [-0.25, -0.2) is 0 Å². The molecule has 0 aromatic heterocycles. The summed E-state index contributed by atoms with van der Waals surface area (Å²) in [7, 11) is 1.09. The Morgan fingerprint density at radius 3 is 1.68 bits per heavy atom. The molecule has 3 atom stereocenters. The molecule has 1 N–H and O–H groups in total. The first-order valence-electron chi connectivity index (χ1n) is 21.4. The van der Waals surface area contributed by atoms with E-state index in [2.05, 4.69) is 85.9 Å². The minimum atomic E-state index is -4.65. The number of nitrogens with zero attached hydrogens (tertiary/aromatic N) is 1. The lowest BCUT2D eigenvalue weighted by atomic mass is 10.1. The predicted octanol–water partition coefficient (Wildman–Crippen LogP) is 10.4. The maximum Gasteiger partial charge on any atom is 0.306 e. The van der Waals surface area contributed by atoms with E-state index in [4.69, 9.17) is 18.5 Å². The van der Waals surface area contributed by atoms with E-state index in [1.807, 2.05) is 34.1 Å². The molecule has 0 rings (SSSR count). The molecule has 0 saturated heterocycles. The maximum atomic E-state index is 12.7. The lowest BCUT2D eigenvalue weighted by Crippen LogP contribution is -2.37. The maximum absolute atomic E-state index is 12.7. The summed E-state index contributed by atoms with van der Waals surface area (Å²) in [6.45, 7) is 3.71. The van der Waals surface area contributed by atoms with Crippen LogP contribution in [0.3, 0.4) is 0 Å². The van der Waals surface area contributed by atoms with Crippen molar-refractivity contribution >= 4 is 19.8 Å². The van der Waals surface area contributed by atoms with E-state index < -0.39 is 32.5 Å². The number of ether oxygens (including phenoxy) is 2. The standard InChI is InChI=1S/C46H78NO9P/c1-6-8-9-10-11-12-13-14-15-20-23-26-29-32-35-38-46(50)56-44(42-55-57(51,52)54-40-39-47(3,4)5)41-53-45(49)37-34-31-28-25-22-19-17-16-18-21-24-27-30-33-36-43(48)7-2/h8-9,11-12,14-15,17-19,21,25,27-28,30,43-44,48H,6-7,10,13,16,20,22-24,26,29,31-42H2,1-5H3/b9-8-,12-11-,15-14-,19-17-,21-18-,28-25-,30-27-/t43-,44+/m0/s1. The van der Waals surface area contributed by atoms with Crippen LogP contribution in [-0.2, 0) is 32.7 Å². The largest absolute Gasteiger partial charge is 0.756 e. The second-order valence-electron chi connectivity index (χ2n) is 15.1. The number of phosphoric acid groups is 1. The molecule has 0 bridgehead atoms. The molecule has 0 radical (unpaired) electrons. The van der Waals surface area contributed by atoms with Crippen molar-refractivity contribution in [1.29, 1.82) is 0 Å². The summed E-state index contributed by atoms with van der Waals surface area (Å²) in [6, 6.07) is 0. The molecule has 0 aliphatic rings. The van der Waals surface area contributed by atoms with Crippen molar-refractivity contribution in [3.8, 4) is 0 Å². The molecule has 0 fully saturated rings. The number of likely N-dealkylation sites (N-methyl/N-ethyl adjacent to an activating group) is 1. The lowest BCUT2D eigenvalue weighted by molar-refractivity contribution is -0.870. The summed E-state index contributed by atoms with van der Waals surface area (Å²) in [5, 5.41) is 9.56. The first-order valence-corrected chi connectivity index (χ1v) is 22.8. The van der Waals surface area contributed by atoms with Gasteiger partial charge in [0, 0.05) is 12.8 Å². The van der Waals surface area contributed by atoms with Crippen LogP contribution in [0, 0.1) is 0 Å². The average molecular weight is 820 g/mol. The van der Waals surface area contributed by atoms with Gasteiger partial charge in [0.2, 0.25) is 0 Å². The number of aliphatic hydroxyl groups is 1. The molecule has 11 heteroatoms. The van der Waals surface area contributed by atoms with E-state index in [9.17, 15) is 24.2 Å². The number of carbonyl (C=O) groups is 2. The molecule has 0 amide bonds. The van der Waals surface area contributed by atoms with E-state index >= 15 is 0 Å². The smallest absolute Gasteiger partial charge is 0.306 e. The fraction of sp³-hybridized carbons (Fsp3) is 0.652. The van der Waals surface area contributed by atoms with E-state index in [1.54, 1.807) is 0 Å². The molecule has 0 heterocycles. The zero-order valence-electron chi connectivity index (χ0n) is 36.1. The van der Waals surface area contributed by atoms with Gasteiger partial charge in [-0.2, -0.15) is 0 Å². The molecule has 0 spiro atoms. The highest BCUT2D eigenvalue weighted by Gasteiger charge is 2.21. The van der Waals surface area contributed by atoms with Gasteiger partial charge in [-0.15, -0.1) is 0 Å². The number of hydrogen-bond acceptors (Lipinski definition) is 9. The molecule has 0 aromatic rings. The molecule has 0 aliphatic heterocycles. The van der Waals surface area contributed by atoms with Gasteiger partial charge in [0.15, 0.2) is 6.10 Å². The Labute approximate surface area is 346 Å². The first-order chi connectivity index (χ1) is 27.4. The molecule has 1 unspecified atom stereocenters. The number of carbonyl (C=O) groups excluding carboxylic acids is 2. The molecule has 326 valence electrons. The second kappa shape index (κ2) is 37.4. The van der Waals surface area contributed by atoms with Gasteiger partial charge in [0.25, 0.3) is 7.82 Å². The topological polar surface area (TPSA) is 131 Å². The van der Waals surface area contributed by atoms with Crippen LogP contribution in [0.4, 0.5) is 0 Å². The van der Waals surface area contributed by atoms with E-state index in [-0.39, 0.29) is 32.2 Å². The number of allylic oxidation sites excluding steroid dienone is 14. The zero-order chi connectivity index (χ0) is 42.3. The van der Waals surface area contributed by atoms with Crippen LogP contribution in [0.25, 0.3) is 0 Å². The number of rotatable bonds is 37. The number of phosphoric ester groups is 1. The van der Waals surface area contributed by atoms with Crippen molar-refractivity contribution in [3.63, 3.8) is 0 Å². The summed E-state index contributed by atoms with van der Waals surface area (Å²) in [6.07, 6.45) is 44.2. The molecular formula is C46H78NO9P. The minimum absolute atomic E-state index is 0.0536. The van der Waals surface area contributed by atoms with Gasteiger partial charge in [-0.1, -0.05) is 118 Å². The Balaban J connectivity index is 4.52. The van der Waals surface area contributed by atoms with E-state index in [1.165, 1.54) is 0 Å². The quantitative estimate of drug-likeness (QED) is 0.0214. The molecule has 57 heavy (non-hydrogen) atoms. The monoisotopic (exact) mass is 820 g/mol. The third-order valence-corrected chi connectivity index (χ3v) is 9.53. The highest BCUT2D eigenvalue weighted by molar-refractivity contribution is 7.45. The number of esters is 2. The fourth-order valence-electron chi connectivity index (χ4n) is 5.05. The Morgan fingerprint density at radius 2 is 1.12 bits per heavy atom. The normalized spacial score (nSPS) is 15.0. The van der Waals surface area contributed by atoms with Crippen LogP contribution in [0.5, 0.6) is 0 Å². The third kappa shape index (κ3) is 41.1. The van der Waals surface area contributed by atoms with Gasteiger partial charge < -0.3 is 33.0 Å². The van der Waals surface area contributed by atoms with Crippen LogP contribution in [0.15, 0.2) is 85.1 Å². The van der Waals surface area contributed by atoms with Crippen LogP contribution in [-0.4, -0.2) is 81.2 Å². The van der Waals surface area contributed by atoms with Crippen LogP contribution in [0.1, 0.15) is 136 Å². The SMILES string of the molecule is CC/C=C\C/C=C\C/C=C\CCCCCCCC(=O)O[C@H](COC(=O)CCC/C=C\C/C=C\C/C=C\C/C=C\CC[C@@H](O)CC)COP(=O)([O-])OCC[N+](C)(C)C.